The van der Waals surface area contributed by atoms with Crippen molar-refractivity contribution in [3.05, 3.63) is 65.4 Å². The van der Waals surface area contributed by atoms with Crippen molar-refractivity contribution in [1.82, 2.24) is 4.98 Å². The first kappa shape index (κ1) is 16.3. The number of nitrogens with one attached hydrogen (secondary N) is 1. The summed E-state index contributed by atoms with van der Waals surface area (Å²) in [7, 11) is 1.58. The van der Waals surface area contributed by atoms with Gasteiger partial charge in [0.1, 0.15) is 22.9 Å². The summed E-state index contributed by atoms with van der Waals surface area (Å²) in [6, 6.07) is 6.09. The molecular weight excluding hydrogens is 335 g/mol. The second-order valence-electron chi connectivity index (χ2n) is 6.67. The molecule has 1 N–H and O–H groups in total. The van der Waals surface area contributed by atoms with E-state index in [2.05, 4.69) is 10.3 Å². The van der Waals surface area contributed by atoms with E-state index in [1.54, 1.807) is 25.6 Å². The van der Waals surface area contributed by atoms with E-state index in [9.17, 15) is 9.18 Å². The summed E-state index contributed by atoms with van der Waals surface area (Å²) in [5.41, 5.74) is 2.56. The Bertz CT molecular complexity index is 992. The molecule has 4 rings (SSSR count). The molecule has 2 aromatic rings. The number of hydrogen-bond acceptors (Lipinski definition) is 4. The van der Waals surface area contributed by atoms with E-state index in [-0.39, 0.29) is 5.91 Å². The van der Waals surface area contributed by atoms with Crippen molar-refractivity contribution in [2.45, 2.75) is 19.4 Å². The van der Waals surface area contributed by atoms with E-state index < -0.39 is 11.4 Å². The number of ether oxygens (including phenoxy) is 2. The van der Waals surface area contributed by atoms with Crippen LogP contribution in [-0.2, 0) is 9.53 Å². The van der Waals surface area contributed by atoms with Crippen LogP contribution >= 0.6 is 0 Å². The van der Waals surface area contributed by atoms with E-state index in [0.29, 0.717) is 28.3 Å². The van der Waals surface area contributed by atoms with Crippen LogP contribution in [0.5, 0.6) is 5.75 Å². The van der Waals surface area contributed by atoms with E-state index in [0.717, 1.165) is 11.1 Å². The average Bonchev–Trinajstić information content (AvgIpc) is 3.09. The predicted molar refractivity (Wildman–Crippen MR) is 95.9 cm³/mol. The molecule has 6 heteroatoms. The van der Waals surface area contributed by atoms with Gasteiger partial charge in [0, 0.05) is 22.9 Å². The van der Waals surface area contributed by atoms with Gasteiger partial charge in [0.15, 0.2) is 0 Å². The van der Waals surface area contributed by atoms with Crippen LogP contribution in [0.1, 0.15) is 25.0 Å². The van der Waals surface area contributed by atoms with Crippen molar-refractivity contribution in [2.75, 3.05) is 12.4 Å². The van der Waals surface area contributed by atoms with Gasteiger partial charge in [-0.2, -0.15) is 0 Å². The molecule has 0 aliphatic carbocycles. The molecule has 1 aromatic heterocycles. The van der Waals surface area contributed by atoms with Gasteiger partial charge in [-0.1, -0.05) is 0 Å². The first-order chi connectivity index (χ1) is 12.4. The Kier molecular flexibility index (Phi) is 3.57. The number of hydrogen-bond donors (Lipinski definition) is 1. The number of aromatic nitrogens is 1. The number of carbonyl (C=O) groups excluding carboxylic acids is 1. The van der Waals surface area contributed by atoms with Gasteiger partial charge in [-0.3, -0.25) is 9.78 Å². The molecule has 1 amide bonds. The van der Waals surface area contributed by atoms with E-state index in [4.69, 9.17) is 9.47 Å². The Labute approximate surface area is 150 Å². The highest BCUT2D eigenvalue weighted by atomic mass is 19.1. The molecule has 3 heterocycles. The van der Waals surface area contributed by atoms with E-state index in [1.807, 2.05) is 26.0 Å². The molecule has 0 radical (unpaired) electrons. The van der Waals surface area contributed by atoms with Crippen molar-refractivity contribution in [2.24, 2.45) is 0 Å². The summed E-state index contributed by atoms with van der Waals surface area (Å²) in [5, 5.41) is 2.69. The Morgan fingerprint density at radius 1 is 1.23 bits per heavy atom. The summed E-state index contributed by atoms with van der Waals surface area (Å²) in [6.45, 7) is 3.84. The van der Waals surface area contributed by atoms with E-state index in [1.165, 1.54) is 12.1 Å². The summed E-state index contributed by atoms with van der Waals surface area (Å²) in [6.07, 6.45) is 5.19. The number of amides is 1. The lowest BCUT2D eigenvalue weighted by Gasteiger charge is -2.23. The molecule has 5 nitrogen and oxygen atoms in total. The third-order valence-corrected chi connectivity index (χ3v) is 4.52. The zero-order valence-corrected chi connectivity index (χ0v) is 14.6. The number of allylic oxidation sites excluding steroid dienone is 1. The summed E-state index contributed by atoms with van der Waals surface area (Å²) < 4.78 is 24.8. The molecular formula is C20H17FN2O3. The quantitative estimate of drug-likeness (QED) is 0.836. The molecule has 0 unspecified atom stereocenters. The fraction of sp³-hybridized carbons (Fsp3) is 0.200. The average molecular weight is 352 g/mol. The lowest BCUT2D eigenvalue weighted by Crippen LogP contribution is -2.21. The zero-order valence-electron chi connectivity index (χ0n) is 14.6. The number of rotatable bonds is 2. The second-order valence-corrected chi connectivity index (χ2v) is 6.67. The fourth-order valence-electron chi connectivity index (χ4n) is 3.29. The van der Waals surface area contributed by atoms with Gasteiger partial charge >= 0.3 is 0 Å². The Morgan fingerprint density at radius 3 is 2.81 bits per heavy atom. The van der Waals surface area contributed by atoms with Crippen LogP contribution in [0.25, 0.3) is 11.1 Å². The first-order valence-corrected chi connectivity index (χ1v) is 8.15. The normalized spacial score (nSPS) is 20.3. The van der Waals surface area contributed by atoms with Crippen molar-refractivity contribution >= 4 is 22.7 Å². The molecule has 0 fully saturated rings. The molecule has 132 valence electrons. The SMILES string of the molecule is COc1cncc(C2=CC(=C3C(=O)Nc4cc(F)ccc43)OC2(C)C)c1. The monoisotopic (exact) mass is 352 g/mol. The molecule has 2 aliphatic rings. The number of nitrogens with zero attached hydrogens (tertiary/aromatic N) is 1. The number of halogens is 1. The molecule has 1 aromatic carbocycles. The highest BCUT2D eigenvalue weighted by Crippen LogP contribution is 2.44. The zero-order chi connectivity index (χ0) is 18.5. The number of benzene rings is 1. The topological polar surface area (TPSA) is 60.5 Å². The molecule has 0 atom stereocenters. The van der Waals surface area contributed by atoms with Gasteiger partial charge in [-0.05, 0) is 44.2 Å². The molecule has 0 bridgehead atoms. The number of anilines is 1. The Hall–Kier alpha value is -3.15. The minimum Gasteiger partial charge on any atom is -0.495 e. The number of methoxy groups -OCH3 is 1. The number of fused-ring (bicyclic) bond motifs is 1. The van der Waals surface area contributed by atoms with Crippen LogP contribution in [0.4, 0.5) is 10.1 Å². The number of carbonyl (C=O) groups is 1. The Balaban J connectivity index is 1.86. The predicted octanol–water partition coefficient (Wildman–Crippen LogP) is 3.78. The van der Waals surface area contributed by atoms with Crippen molar-refractivity contribution in [1.29, 1.82) is 0 Å². The maximum Gasteiger partial charge on any atom is 0.260 e. The van der Waals surface area contributed by atoms with Crippen molar-refractivity contribution < 1.29 is 18.7 Å². The highest BCUT2D eigenvalue weighted by Gasteiger charge is 2.38. The van der Waals surface area contributed by atoms with E-state index >= 15 is 0 Å². The van der Waals surface area contributed by atoms with Crippen LogP contribution < -0.4 is 10.1 Å². The summed E-state index contributed by atoms with van der Waals surface area (Å²) in [5.74, 6) is 0.384. The largest absolute Gasteiger partial charge is 0.495 e. The smallest absolute Gasteiger partial charge is 0.260 e. The minimum absolute atomic E-state index is 0.308. The highest BCUT2D eigenvalue weighted by molar-refractivity contribution is 6.32. The summed E-state index contributed by atoms with van der Waals surface area (Å²) in [4.78, 5) is 16.6. The lowest BCUT2D eigenvalue weighted by molar-refractivity contribution is -0.111. The summed E-state index contributed by atoms with van der Waals surface area (Å²) >= 11 is 0. The van der Waals surface area contributed by atoms with Crippen LogP contribution in [0.3, 0.4) is 0 Å². The Morgan fingerprint density at radius 2 is 2.04 bits per heavy atom. The van der Waals surface area contributed by atoms with Crippen LogP contribution in [-0.4, -0.2) is 23.6 Å². The van der Waals surface area contributed by atoms with Gasteiger partial charge in [0.25, 0.3) is 5.91 Å². The van der Waals surface area contributed by atoms with Crippen molar-refractivity contribution in [3.8, 4) is 5.75 Å². The fourth-order valence-corrected chi connectivity index (χ4v) is 3.29. The third-order valence-electron chi connectivity index (χ3n) is 4.52. The number of pyridine rings is 1. The molecule has 26 heavy (non-hydrogen) atoms. The first-order valence-electron chi connectivity index (χ1n) is 8.15. The van der Waals surface area contributed by atoms with Gasteiger partial charge in [0.2, 0.25) is 0 Å². The second kappa shape index (κ2) is 5.69. The maximum absolute atomic E-state index is 13.4. The lowest BCUT2D eigenvalue weighted by atomic mass is 9.93. The molecule has 0 saturated carbocycles. The molecule has 0 saturated heterocycles. The van der Waals surface area contributed by atoms with Gasteiger partial charge in [0.05, 0.1) is 24.6 Å². The third kappa shape index (κ3) is 2.54. The minimum atomic E-state index is -0.653. The van der Waals surface area contributed by atoms with Gasteiger partial charge in [-0.15, -0.1) is 0 Å². The van der Waals surface area contributed by atoms with Crippen molar-refractivity contribution in [3.63, 3.8) is 0 Å². The van der Waals surface area contributed by atoms with Crippen LogP contribution in [0, 0.1) is 5.82 Å². The van der Waals surface area contributed by atoms with Crippen LogP contribution in [0.15, 0.2) is 48.5 Å². The molecule has 2 aliphatic heterocycles. The maximum atomic E-state index is 13.4. The van der Waals surface area contributed by atoms with Crippen LogP contribution in [0.2, 0.25) is 0 Å². The van der Waals surface area contributed by atoms with Gasteiger partial charge in [-0.25, -0.2) is 4.39 Å². The van der Waals surface area contributed by atoms with Gasteiger partial charge < -0.3 is 14.8 Å². The standard InChI is InChI=1S/C20H17FN2O3/c1-20(2)15(11-6-13(25-3)10-22-9-11)8-17(26-20)18-14-5-4-12(21)7-16(14)23-19(18)24/h4-10H,1-3H3,(H,23,24). The molecule has 0 spiro atoms.